The summed E-state index contributed by atoms with van der Waals surface area (Å²) in [6.45, 7) is 3.76. The monoisotopic (exact) mass is 342 g/mol. The average molecular weight is 342 g/mol. The Bertz CT molecular complexity index is 752. The topological polar surface area (TPSA) is 69.2 Å². The molecule has 0 radical (unpaired) electrons. The van der Waals surface area contributed by atoms with E-state index in [2.05, 4.69) is 10.5 Å². The molecule has 1 N–H and O–H groups in total. The lowest BCUT2D eigenvalue weighted by molar-refractivity contribution is -0.123. The van der Waals surface area contributed by atoms with Crippen molar-refractivity contribution < 1.29 is 19.0 Å². The minimum atomic E-state index is -0.347. The summed E-state index contributed by atoms with van der Waals surface area (Å²) in [5.74, 6) is 1.68. The van der Waals surface area contributed by atoms with Crippen molar-refractivity contribution >= 4 is 12.1 Å². The second-order valence-electron chi connectivity index (χ2n) is 5.41. The van der Waals surface area contributed by atoms with Crippen LogP contribution >= 0.6 is 0 Å². The molecule has 2 rings (SSSR count). The van der Waals surface area contributed by atoms with E-state index >= 15 is 0 Å². The number of hydrogen-bond acceptors (Lipinski definition) is 5. The molecule has 2 aromatic carbocycles. The summed E-state index contributed by atoms with van der Waals surface area (Å²) in [4.78, 5) is 11.9. The van der Waals surface area contributed by atoms with Gasteiger partial charge in [-0.1, -0.05) is 18.2 Å². The lowest BCUT2D eigenvalue weighted by Gasteiger charge is -2.10. The summed E-state index contributed by atoms with van der Waals surface area (Å²) >= 11 is 0. The fourth-order valence-corrected chi connectivity index (χ4v) is 2.31. The molecule has 0 fully saturated rings. The highest BCUT2D eigenvalue weighted by Crippen LogP contribution is 2.23. The van der Waals surface area contributed by atoms with Crippen molar-refractivity contribution in [2.75, 3.05) is 20.8 Å². The molecule has 0 saturated heterocycles. The van der Waals surface area contributed by atoms with Gasteiger partial charge in [0.15, 0.2) is 6.61 Å². The first-order valence-corrected chi connectivity index (χ1v) is 7.78. The van der Waals surface area contributed by atoms with E-state index in [9.17, 15) is 4.79 Å². The first kappa shape index (κ1) is 18.3. The quantitative estimate of drug-likeness (QED) is 0.620. The number of hydrogen-bond donors (Lipinski definition) is 1. The number of aryl methyl sites for hydroxylation is 2. The minimum absolute atomic E-state index is 0.113. The predicted octanol–water partition coefficient (Wildman–Crippen LogP) is 2.85. The molecule has 6 nitrogen and oxygen atoms in total. The molecule has 0 aliphatic rings. The van der Waals surface area contributed by atoms with Gasteiger partial charge in [0.1, 0.15) is 17.2 Å². The van der Waals surface area contributed by atoms with Crippen LogP contribution in [-0.4, -0.2) is 32.9 Å². The Morgan fingerprint density at radius 3 is 2.48 bits per heavy atom. The zero-order valence-electron chi connectivity index (χ0n) is 14.8. The molecule has 1 amide bonds. The summed E-state index contributed by atoms with van der Waals surface area (Å²) in [6.07, 6.45) is 1.50. The van der Waals surface area contributed by atoms with Crippen molar-refractivity contribution in [3.63, 3.8) is 0 Å². The maximum absolute atomic E-state index is 11.9. The van der Waals surface area contributed by atoms with E-state index in [4.69, 9.17) is 14.2 Å². The van der Waals surface area contributed by atoms with E-state index in [-0.39, 0.29) is 12.5 Å². The van der Waals surface area contributed by atoms with Crippen LogP contribution in [0.2, 0.25) is 0 Å². The summed E-state index contributed by atoms with van der Waals surface area (Å²) in [5.41, 5.74) is 5.10. The van der Waals surface area contributed by atoms with Gasteiger partial charge in [-0.25, -0.2) is 5.43 Å². The SMILES string of the molecule is COc1ccc(OC)c(/C=N\NC(=O)COc2c(C)cccc2C)c1. The number of hydrazone groups is 1. The molecule has 0 bridgehead atoms. The van der Waals surface area contributed by atoms with Gasteiger partial charge < -0.3 is 14.2 Å². The highest BCUT2D eigenvalue weighted by atomic mass is 16.5. The first-order chi connectivity index (χ1) is 12.0. The second-order valence-corrected chi connectivity index (χ2v) is 5.41. The van der Waals surface area contributed by atoms with E-state index in [0.717, 1.165) is 16.9 Å². The largest absolute Gasteiger partial charge is 0.497 e. The van der Waals surface area contributed by atoms with Crippen molar-refractivity contribution in [1.82, 2.24) is 5.43 Å². The van der Waals surface area contributed by atoms with Crippen molar-refractivity contribution in [2.24, 2.45) is 5.10 Å². The Morgan fingerprint density at radius 2 is 1.84 bits per heavy atom. The van der Waals surface area contributed by atoms with Crippen LogP contribution in [0.1, 0.15) is 16.7 Å². The number of benzene rings is 2. The van der Waals surface area contributed by atoms with Gasteiger partial charge in [-0.2, -0.15) is 5.10 Å². The van der Waals surface area contributed by atoms with Crippen LogP contribution in [0.5, 0.6) is 17.2 Å². The first-order valence-electron chi connectivity index (χ1n) is 7.78. The Hall–Kier alpha value is -3.02. The summed E-state index contributed by atoms with van der Waals surface area (Å²) in [6, 6.07) is 11.1. The number of carbonyl (C=O) groups is 1. The van der Waals surface area contributed by atoms with E-state index in [0.29, 0.717) is 17.1 Å². The highest BCUT2D eigenvalue weighted by molar-refractivity contribution is 5.86. The molecule has 0 heterocycles. The molecule has 0 aliphatic carbocycles. The number of nitrogens with one attached hydrogen (secondary N) is 1. The molecule has 0 aromatic heterocycles. The molecular formula is C19H22N2O4. The molecule has 0 aliphatic heterocycles. The average Bonchev–Trinajstić information content (AvgIpc) is 2.61. The number of ether oxygens (including phenoxy) is 3. The normalized spacial score (nSPS) is 10.6. The standard InChI is InChI=1S/C19H22N2O4/c1-13-6-5-7-14(2)19(13)25-12-18(22)21-20-11-15-10-16(23-3)8-9-17(15)24-4/h5-11H,12H2,1-4H3,(H,21,22)/b20-11-. The fourth-order valence-electron chi connectivity index (χ4n) is 2.31. The Morgan fingerprint density at radius 1 is 1.12 bits per heavy atom. The maximum atomic E-state index is 11.9. The predicted molar refractivity (Wildman–Crippen MR) is 96.7 cm³/mol. The van der Waals surface area contributed by atoms with Crippen LogP contribution in [0.25, 0.3) is 0 Å². The van der Waals surface area contributed by atoms with E-state index < -0.39 is 0 Å². The van der Waals surface area contributed by atoms with Gasteiger partial charge in [0.25, 0.3) is 5.91 Å². The third kappa shape index (κ3) is 4.97. The smallest absolute Gasteiger partial charge is 0.277 e. The van der Waals surface area contributed by atoms with Gasteiger partial charge >= 0.3 is 0 Å². The number of methoxy groups -OCH3 is 2. The zero-order chi connectivity index (χ0) is 18.2. The van der Waals surface area contributed by atoms with Crippen LogP contribution in [0.15, 0.2) is 41.5 Å². The minimum Gasteiger partial charge on any atom is -0.497 e. The molecule has 0 saturated carbocycles. The van der Waals surface area contributed by atoms with Crippen LogP contribution in [-0.2, 0) is 4.79 Å². The van der Waals surface area contributed by atoms with E-state index in [1.807, 2.05) is 32.0 Å². The summed E-state index contributed by atoms with van der Waals surface area (Å²) in [5, 5.41) is 3.94. The van der Waals surface area contributed by atoms with E-state index in [1.165, 1.54) is 6.21 Å². The molecule has 2 aromatic rings. The third-order valence-electron chi connectivity index (χ3n) is 3.59. The number of nitrogens with zero attached hydrogens (tertiary/aromatic N) is 1. The molecule has 0 spiro atoms. The van der Waals surface area contributed by atoms with Gasteiger partial charge in [-0.15, -0.1) is 0 Å². The van der Waals surface area contributed by atoms with E-state index in [1.54, 1.807) is 32.4 Å². The fraction of sp³-hybridized carbons (Fsp3) is 0.263. The third-order valence-corrected chi connectivity index (χ3v) is 3.59. The molecule has 0 atom stereocenters. The maximum Gasteiger partial charge on any atom is 0.277 e. The van der Waals surface area contributed by atoms with Crippen molar-refractivity contribution in [3.05, 3.63) is 53.1 Å². The Kier molecular flexibility index (Phi) is 6.39. The van der Waals surface area contributed by atoms with Crippen LogP contribution in [0.3, 0.4) is 0 Å². The van der Waals surface area contributed by atoms with Gasteiger partial charge in [0.05, 0.1) is 20.4 Å². The molecule has 0 unspecified atom stereocenters. The van der Waals surface area contributed by atoms with Gasteiger partial charge in [0, 0.05) is 5.56 Å². The van der Waals surface area contributed by atoms with Gasteiger partial charge in [0.2, 0.25) is 0 Å². The summed E-state index contributed by atoms with van der Waals surface area (Å²) in [7, 11) is 3.14. The van der Waals surface area contributed by atoms with Crippen molar-refractivity contribution in [2.45, 2.75) is 13.8 Å². The Labute approximate surface area is 147 Å². The number of amides is 1. The number of rotatable bonds is 7. The van der Waals surface area contributed by atoms with Gasteiger partial charge in [-0.05, 0) is 43.2 Å². The van der Waals surface area contributed by atoms with Crippen LogP contribution in [0, 0.1) is 13.8 Å². The lowest BCUT2D eigenvalue weighted by Crippen LogP contribution is -2.25. The van der Waals surface area contributed by atoms with Crippen molar-refractivity contribution in [3.8, 4) is 17.2 Å². The lowest BCUT2D eigenvalue weighted by atomic mass is 10.1. The Balaban J connectivity index is 1.95. The van der Waals surface area contributed by atoms with Gasteiger partial charge in [-0.3, -0.25) is 4.79 Å². The van der Waals surface area contributed by atoms with Crippen molar-refractivity contribution in [1.29, 1.82) is 0 Å². The van der Waals surface area contributed by atoms with Crippen LogP contribution in [0.4, 0.5) is 0 Å². The zero-order valence-corrected chi connectivity index (χ0v) is 14.8. The molecule has 6 heteroatoms. The highest BCUT2D eigenvalue weighted by Gasteiger charge is 2.07. The molecular weight excluding hydrogens is 320 g/mol. The molecule has 132 valence electrons. The number of para-hydroxylation sites is 1. The second kappa shape index (κ2) is 8.73. The summed E-state index contributed by atoms with van der Waals surface area (Å²) < 4.78 is 16.0. The number of carbonyl (C=O) groups excluding carboxylic acids is 1. The molecule has 25 heavy (non-hydrogen) atoms. The van der Waals surface area contributed by atoms with Crippen LogP contribution < -0.4 is 19.6 Å².